The highest BCUT2D eigenvalue weighted by Gasteiger charge is 2.24. The minimum Gasteiger partial charge on any atom is -0.241 e. The van der Waals surface area contributed by atoms with Crippen molar-refractivity contribution in [3.05, 3.63) is 46.7 Å². The summed E-state index contributed by atoms with van der Waals surface area (Å²) < 4.78 is 3.04. The normalized spacial score (nSPS) is 15.5. The molecule has 0 amide bonds. The first kappa shape index (κ1) is 9.16. The fourth-order valence-corrected chi connectivity index (χ4v) is 2.30. The third kappa shape index (κ3) is 1.84. The van der Waals surface area contributed by atoms with Gasteiger partial charge in [-0.1, -0.05) is 15.9 Å². The van der Waals surface area contributed by atoms with Gasteiger partial charge < -0.3 is 0 Å². The van der Waals surface area contributed by atoms with E-state index in [1.54, 1.807) is 6.20 Å². The van der Waals surface area contributed by atoms with Crippen LogP contribution in [0.3, 0.4) is 0 Å². The highest BCUT2D eigenvalue weighted by molar-refractivity contribution is 9.10. The zero-order valence-electron chi connectivity index (χ0n) is 8.23. The second-order valence-electron chi connectivity index (χ2n) is 3.97. The largest absolute Gasteiger partial charge is 0.241 e. The molecule has 1 aliphatic rings. The minimum atomic E-state index is 0.775. The van der Waals surface area contributed by atoms with E-state index in [1.807, 2.05) is 16.9 Å². The van der Waals surface area contributed by atoms with Crippen LogP contribution >= 0.6 is 15.9 Å². The Balaban J connectivity index is 2.07. The molecule has 2 aromatic rings. The van der Waals surface area contributed by atoms with Crippen LogP contribution in [0.15, 0.2) is 41.1 Å². The molecule has 15 heavy (non-hydrogen) atoms. The third-order valence-electron chi connectivity index (χ3n) is 2.72. The molecule has 1 heterocycles. The number of benzene rings is 1. The SMILES string of the molecule is Brc1cc(C2CC2)cc(-n2cccn2)c1. The summed E-state index contributed by atoms with van der Waals surface area (Å²) in [6, 6.07) is 8.48. The lowest BCUT2D eigenvalue weighted by Crippen LogP contribution is -1.95. The Morgan fingerprint density at radius 2 is 2.13 bits per heavy atom. The fourth-order valence-electron chi connectivity index (χ4n) is 1.80. The molecule has 1 fully saturated rings. The third-order valence-corrected chi connectivity index (χ3v) is 3.18. The van der Waals surface area contributed by atoms with Gasteiger partial charge in [0.2, 0.25) is 0 Å². The molecular formula is C12H11BrN2. The van der Waals surface area contributed by atoms with Crippen molar-refractivity contribution in [3.63, 3.8) is 0 Å². The van der Waals surface area contributed by atoms with Gasteiger partial charge in [-0.05, 0) is 48.6 Å². The Kier molecular flexibility index (Phi) is 2.13. The summed E-state index contributed by atoms with van der Waals surface area (Å²) in [5.74, 6) is 0.775. The molecule has 0 spiro atoms. The van der Waals surface area contributed by atoms with Gasteiger partial charge in [0.1, 0.15) is 0 Å². The Labute approximate surface area is 97.1 Å². The summed E-state index contributed by atoms with van der Waals surface area (Å²) >= 11 is 3.55. The van der Waals surface area contributed by atoms with Crippen LogP contribution in [0.1, 0.15) is 24.3 Å². The molecule has 76 valence electrons. The van der Waals surface area contributed by atoms with E-state index in [4.69, 9.17) is 0 Å². The van der Waals surface area contributed by atoms with Gasteiger partial charge in [0.15, 0.2) is 0 Å². The second-order valence-corrected chi connectivity index (χ2v) is 4.88. The van der Waals surface area contributed by atoms with Crippen molar-refractivity contribution in [1.29, 1.82) is 0 Å². The summed E-state index contributed by atoms with van der Waals surface area (Å²) in [6.45, 7) is 0. The first-order valence-electron chi connectivity index (χ1n) is 5.13. The lowest BCUT2D eigenvalue weighted by molar-refractivity contribution is 0.876. The molecule has 1 saturated carbocycles. The van der Waals surface area contributed by atoms with Crippen LogP contribution in [0.5, 0.6) is 0 Å². The van der Waals surface area contributed by atoms with Gasteiger partial charge in [-0.25, -0.2) is 4.68 Å². The standard InChI is InChI=1S/C12H11BrN2/c13-11-6-10(9-2-3-9)7-12(8-11)15-5-1-4-14-15/h1,4-9H,2-3H2. The maximum absolute atomic E-state index is 4.24. The molecule has 0 radical (unpaired) electrons. The number of halogens is 1. The lowest BCUT2D eigenvalue weighted by atomic mass is 10.1. The van der Waals surface area contributed by atoms with E-state index in [0.29, 0.717) is 0 Å². The molecule has 0 unspecified atom stereocenters. The molecule has 0 saturated heterocycles. The second kappa shape index (κ2) is 3.49. The van der Waals surface area contributed by atoms with E-state index in [9.17, 15) is 0 Å². The predicted molar refractivity (Wildman–Crippen MR) is 63.2 cm³/mol. The van der Waals surface area contributed by atoms with Crippen molar-refractivity contribution in [2.75, 3.05) is 0 Å². The molecule has 0 atom stereocenters. The molecule has 0 bridgehead atoms. The number of nitrogens with zero attached hydrogens (tertiary/aromatic N) is 2. The fraction of sp³-hybridized carbons (Fsp3) is 0.250. The van der Waals surface area contributed by atoms with E-state index >= 15 is 0 Å². The number of rotatable bonds is 2. The number of aromatic nitrogens is 2. The smallest absolute Gasteiger partial charge is 0.0659 e. The van der Waals surface area contributed by atoms with Gasteiger partial charge in [-0.15, -0.1) is 0 Å². The molecule has 3 rings (SSSR count). The van der Waals surface area contributed by atoms with Crippen LogP contribution < -0.4 is 0 Å². The van der Waals surface area contributed by atoms with Crippen molar-refractivity contribution in [1.82, 2.24) is 9.78 Å². The molecule has 1 aliphatic carbocycles. The first-order chi connectivity index (χ1) is 7.33. The molecule has 2 nitrogen and oxygen atoms in total. The summed E-state index contributed by atoms with van der Waals surface area (Å²) in [5, 5.41) is 4.24. The average Bonchev–Trinajstić information content (AvgIpc) is 2.93. The van der Waals surface area contributed by atoms with E-state index in [1.165, 1.54) is 18.4 Å². The van der Waals surface area contributed by atoms with Gasteiger partial charge in [0.05, 0.1) is 5.69 Å². The first-order valence-corrected chi connectivity index (χ1v) is 5.93. The van der Waals surface area contributed by atoms with Crippen LogP contribution in [0.4, 0.5) is 0 Å². The summed E-state index contributed by atoms with van der Waals surface area (Å²) in [7, 11) is 0. The number of hydrogen-bond donors (Lipinski definition) is 0. The minimum absolute atomic E-state index is 0.775. The maximum Gasteiger partial charge on any atom is 0.0659 e. The van der Waals surface area contributed by atoms with Gasteiger partial charge in [-0.2, -0.15) is 5.10 Å². The van der Waals surface area contributed by atoms with Crippen LogP contribution in [-0.2, 0) is 0 Å². The quantitative estimate of drug-likeness (QED) is 0.810. The average molecular weight is 263 g/mol. The van der Waals surface area contributed by atoms with Crippen LogP contribution in [0.25, 0.3) is 5.69 Å². The molecule has 1 aromatic heterocycles. The van der Waals surface area contributed by atoms with Gasteiger partial charge in [0.25, 0.3) is 0 Å². The summed E-state index contributed by atoms with van der Waals surface area (Å²) in [4.78, 5) is 0. The highest BCUT2D eigenvalue weighted by atomic mass is 79.9. The molecule has 0 aliphatic heterocycles. The summed E-state index contributed by atoms with van der Waals surface area (Å²) in [6.07, 6.45) is 6.43. The topological polar surface area (TPSA) is 17.8 Å². The van der Waals surface area contributed by atoms with Crippen molar-refractivity contribution in [2.24, 2.45) is 0 Å². The molecular weight excluding hydrogens is 252 g/mol. The van der Waals surface area contributed by atoms with E-state index < -0.39 is 0 Å². The molecule has 0 N–H and O–H groups in total. The highest BCUT2D eigenvalue weighted by Crippen LogP contribution is 2.41. The molecule has 3 heteroatoms. The van der Waals surface area contributed by atoms with Crippen molar-refractivity contribution < 1.29 is 0 Å². The Bertz CT molecular complexity index is 472. The zero-order valence-corrected chi connectivity index (χ0v) is 9.81. The maximum atomic E-state index is 4.24. The van der Waals surface area contributed by atoms with Gasteiger partial charge >= 0.3 is 0 Å². The predicted octanol–water partition coefficient (Wildman–Crippen LogP) is 3.51. The monoisotopic (exact) mass is 262 g/mol. The van der Waals surface area contributed by atoms with Crippen molar-refractivity contribution in [3.8, 4) is 5.69 Å². The van der Waals surface area contributed by atoms with Crippen LogP contribution in [0, 0.1) is 0 Å². The van der Waals surface area contributed by atoms with E-state index in [2.05, 4.69) is 39.2 Å². The zero-order chi connectivity index (χ0) is 10.3. The van der Waals surface area contributed by atoms with E-state index in [0.717, 1.165) is 16.1 Å². The van der Waals surface area contributed by atoms with Crippen LogP contribution in [0.2, 0.25) is 0 Å². The van der Waals surface area contributed by atoms with Crippen molar-refractivity contribution in [2.45, 2.75) is 18.8 Å². The Hall–Kier alpha value is -1.09. The van der Waals surface area contributed by atoms with Gasteiger partial charge in [0, 0.05) is 16.9 Å². The Morgan fingerprint density at radius 1 is 1.27 bits per heavy atom. The van der Waals surface area contributed by atoms with Gasteiger partial charge in [-0.3, -0.25) is 0 Å². The van der Waals surface area contributed by atoms with E-state index in [-0.39, 0.29) is 0 Å². The lowest BCUT2D eigenvalue weighted by Gasteiger charge is -2.05. The summed E-state index contributed by atoms with van der Waals surface area (Å²) in [5.41, 5.74) is 2.56. The Morgan fingerprint density at radius 3 is 2.80 bits per heavy atom. The van der Waals surface area contributed by atoms with Crippen molar-refractivity contribution >= 4 is 15.9 Å². The van der Waals surface area contributed by atoms with Crippen LogP contribution in [-0.4, -0.2) is 9.78 Å². The molecule has 1 aromatic carbocycles. The number of hydrogen-bond acceptors (Lipinski definition) is 1.